The maximum Gasteiger partial charge on any atom is 0.0927 e. The molecule has 2 N–H and O–H groups in total. The van der Waals surface area contributed by atoms with Crippen molar-refractivity contribution >= 4 is 16.6 Å². The van der Waals surface area contributed by atoms with E-state index in [1.807, 2.05) is 53.3 Å². The molecule has 3 nitrogen and oxygen atoms in total. The monoisotopic (exact) mass is 209 g/mol. The second-order valence-electron chi connectivity index (χ2n) is 3.72. The molecule has 3 heteroatoms. The van der Waals surface area contributed by atoms with Gasteiger partial charge in [-0.3, -0.25) is 0 Å². The van der Waals surface area contributed by atoms with Gasteiger partial charge in [0, 0.05) is 17.3 Å². The Balaban J connectivity index is 2.15. The highest BCUT2D eigenvalue weighted by atomic mass is 15.3. The van der Waals surface area contributed by atoms with E-state index < -0.39 is 0 Å². The normalized spacial score (nSPS) is 10.8. The maximum atomic E-state index is 5.65. The van der Waals surface area contributed by atoms with Gasteiger partial charge in [-0.1, -0.05) is 18.2 Å². The van der Waals surface area contributed by atoms with Crippen LogP contribution < -0.4 is 5.73 Å². The molecule has 0 radical (unpaired) electrons. The van der Waals surface area contributed by atoms with Gasteiger partial charge in [0.05, 0.1) is 11.2 Å². The standard InChI is InChI=1S/C13H11N3/c14-11-5-7-12(8-6-11)16-9-10-3-1-2-4-13(10)15-16/h1-9H,14H2. The van der Waals surface area contributed by atoms with Gasteiger partial charge in [0.15, 0.2) is 0 Å². The summed E-state index contributed by atoms with van der Waals surface area (Å²) in [4.78, 5) is 0. The van der Waals surface area contributed by atoms with Gasteiger partial charge in [-0.25, -0.2) is 4.68 Å². The van der Waals surface area contributed by atoms with Gasteiger partial charge >= 0.3 is 0 Å². The molecule has 0 fully saturated rings. The Bertz CT molecular complexity index is 590. The second-order valence-corrected chi connectivity index (χ2v) is 3.72. The Labute approximate surface area is 93.1 Å². The van der Waals surface area contributed by atoms with Gasteiger partial charge in [-0.05, 0) is 30.3 Å². The quantitative estimate of drug-likeness (QED) is 0.626. The van der Waals surface area contributed by atoms with E-state index in [0.29, 0.717) is 0 Å². The van der Waals surface area contributed by atoms with Crippen molar-refractivity contribution in [3.63, 3.8) is 0 Å². The molecule has 1 heterocycles. The fourth-order valence-corrected chi connectivity index (χ4v) is 1.72. The topological polar surface area (TPSA) is 43.8 Å². The number of nitrogens with two attached hydrogens (primary N) is 1. The SMILES string of the molecule is Nc1ccc(-n2cc3ccccc3n2)cc1. The Morgan fingerprint density at radius 2 is 1.69 bits per heavy atom. The van der Waals surface area contributed by atoms with Gasteiger partial charge in [-0.2, -0.15) is 5.10 Å². The number of rotatable bonds is 1. The number of fused-ring (bicyclic) bond motifs is 1. The van der Waals surface area contributed by atoms with Gasteiger partial charge in [-0.15, -0.1) is 0 Å². The van der Waals surface area contributed by atoms with Gasteiger partial charge < -0.3 is 5.73 Å². The zero-order chi connectivity index (χ0) is 11.0. The van der Waals surface area contributed by atoms with E-state index in [0.717, 1.165) is 22.3 Å². The highest BCUT2D eigenvalue weighted by molar-refractivity contribution is 5.78. The van der Waals surface area contributed by atoms with E-state index in [1.165, 1.54) is 0 Å². The average molecular weight is 209 g/mol. The van der Waals surface area contributed by atoms with E-state index in [-0.39, 0.29) is 0 Å². The van der Waals surface area contributed by atoms with Crippen molar-refractivity contribution in [1.29, 1.82) is 0 Å². The summed E-state index contributed by atoms with van der Waals surface area (Å²) in [7, 11) is 0. The van der Waals surface area contributed by atoms with Crippen molar-refractivity contribution in [3.8, 4) is 5.69 Å². The number of nitrogens with zero attached hydrogens (tertiary/aromatic N) is 2. The molecular formula is C13H11N3. The summed E-state index contributed by atoms with van der Waals surface area (Å²) in [5, 5.41) is 5.63. The second kappa shape index (κ2) is 3.38. The summed E-state index contributed by atoms with van der Waals surface area (Å²) >= 11 is 0. The van der Waals surface area contributed by atoms with Crippen molar-refractivity contribution < 1.29 is 0 Å². The first-order valence-electron chi connectivity index (χ1n) is 5.13. The summed E-state index contributed by atoms with van der Waals surface area (Å²) in [6.45, 7) is 0. The van der Waals surface area contributed by atoms with Crippen molar-refractivity contribution in [2.24, 2.45) is 0 Å². The van der Waals surface area contributed by atoms with Crippen molar-refractivity contribution in [1.82, 2.24) is 9.78 Å². The number of hydrogen-bond acceptors (Lipinski definition) is 2. The molecule has 0 aliphatic rings. The molecule has 0 unspecified atom stereocenters. The van der Waals surface area contributed by atoms with Crippen LogP contribution in [-0.4, -0.2) is 9.78 Å². The molecule has 0 amide bonds. The van der Waals surface area contributed by atoms with Crippen LogP contribution in [0.3, 0.4) is 0 Å². The minimum absolute atomic E-state index is 0.764. The summed E-state index contributed by atoms with van der Waals surface area (Å²) in [5.74, 6) is 0. The third kappa shape index (κ3) is 1.42. The number of anilines is 1. The van der Waals surface area contributed by atoms with E-state index >= 15 is 0 Å². The first-order chi connectivity index (χ1) is 7.83. The summed E-state index contributed by atoms with van der Waals surface area (Å²) in [6, 6.07) is 15.7. The van der Waals surface area contributed by atoms with E-state index in [2.05, 4.69) is 11.2 Å². The molecule has 0 bridgehead atoms. The summed E-state index contributed by atoms with van der Waals surface area (Å²) in [6.07, 6.45) is 2.01. The molecule has 16 heavy (non-hydrogen) atoms. The Kier molecular flexibility index (Phi) is 1.90. The predicted octanol–water partition coefficient (Wildman–Crippen LogP) is 2.61. The average Bonchev–Trinajstić information content (AvgIpc) is 2.73. The molecule has 0 spiro atoms. The van der Waals surface area contributed by atoms with Crippen LogP contribution in [0.2, 0.25) is 0 Å². The molecule has 0 saturated heterocycles. The van der Waals surface area contributed by atoms with E-state index in [1.54, 1.807) is 0 Å². The summed E-state index contributed by atoms with van der Waals surface area (Å²) in [5.41, 5.74) is 8.43. The van der Waals surface area contributed by atoms with Crippen LogP contribution in [0.4, 0.5) is 5.69 Å². The van der Waals surface area contributed by atoms with Gasteiger partial charge in [0.25, 0.3) is 0 Å². The number of benzene rings is 2. The third-order valence-corrected chi connectivity index (χ3v) is 2.57. The highest BCUT2D eigenvalue weighted by Gasteiger charge is 2.00. The molecule has 1 aromatic heterocycles. The first-order valence-corrected chi connectivity index (χ1v) is 5.13. The zero-order valence-corrected chi connectivity index (χ0v) is 8.67. The summed E-state index contributed by atoms with van der Waals surface area (Å²) < 4.78 is 1.87. The Morgan fingerprint density at radius 1 is 0.938 bits per heavy atom. The first kappa shape index (κ1) is 8.97. The maximum absolute atomic E-state index is 5.65. The highest BCUT2D eigenvalue weighted by Crippen LogP contribution is 2.16. The van der Waals surface area contributed by atoms with Gasteiger partial charge in [0.2, 0.25) is 0 Å². The van der Waals surface area contributed by atoms with Crippen molar-refractivity contribution in [3.05, 3.63) is 54.7 Å². The number of hydrogen-bond donors (Lipinski definition) is 1. The molecule has 0 atom stereocenters. The van der Waals surface area contributed by atoms with Crippen molar-refractivity contribution in [2.75, 3.05) is 5.73 Å². The largest absolute Gasteiger partial charge is 0.399 e. The van der Waals surface area contributed by atoms with Crippen LogP contribution in [0, 0.1) is 0 Å². The molecule has 0 saturated carbocycles. The third-order valence-electron chi connectivity index (χ3n) is 2.57. The smallest absolute Gasteiger partial charge is 0.0927 e. The van der Waals surface area contributed by atoms with Crippen LogP contribution in [0.15, 0.2) is 54.7 Å². The molecule has 78 valence electrons. The molecule has 3 rings (SSSR count). The minimum Gasteiger partial charge on any atom is -0.399 e. The lowest BCUT2D eigenvalue weighted by Crippen LogP contribution is -1.94. The van der Waals surface area contributed by atoms with Crippen LogP contribution >= 0.6 is 0 Å². The lowest BCUT2D eigenvalue weighted by atomic mass is 10.2. The minimum atomic E-state index is 0.764. The molecule has 3 aromatic rings. The van der Waals surface area contributed by atoms with Gasteiger partial charge in [0.1, 0.15) is 0 Å². The van der Waals surface area contributed by atoms with Crippen molar-refractivity contribution in [2.45, 2.75) is 0 Å². The Morgan fingerprint density at radius 3 is 2.44 bits per heavy atom. The lowest BCUT2D eigenvalue weighted by molar-refractivity contribution is 0.897. The molecule has 0 aliphatic heterocycles. The number of aromatic nitrogens is 2. The predicted molar refractivity (Wildman–Crippen MR) is 65.5 cm³/mol. The molecule has 2 aromatic carbocycles. The van der Waals surface area contributed by atoms with E-state index in [9.17, 15) is 0 Å². The fraction of sp³-hybridized carbons (Fsp3) is 0. The van der Waals surface area contributed by atoms with E-state index in [4.69, 9.17) is 5.73 Å². The van der Waals surface area contributed by atoms with Crippen LogP contribution in [0.25, 0.3) is 16.6 Å². The molecular weight excluding hydrogens is 198 g/mol. The zero-order valence-electron chi connectivity index (χ0n) is 8.67. The van der Waals surface area contributed by atoms with Crippen LogP contribution in [-0.2, 0) is 0 Å². The fourth-order valence-electron chi connectivity index (χ4n) is 1.72. The van der Waals surface area contributed by atoms with Crippen LogP contribution in [0.5, 0.6) is 0 Å². The van der Waals surface area contributed by atoms with Crippen LogP contribution in [0.1, 0.15) is 0 Å². The Hall–Kier alpha value is -2.29. The molecule has 0 aliphatic carbocycles. The lowest BCUT2D eigenvalue weighted by Gasteiger charge is -2.00. The number of nitrogen functional groups attached to an aromatic ring is 1.